The monoisotopic (exact) mass is 1430 g/mol. The Kier molecular flexibility index (Phi) is 15.1. The van der Waals surface area contributed by atoms with Crippen molar-refractivity contribution in [3.8, 4) is 123 Å². The third kappa shape index (κ3) is 10.8. The maximum Gasteiger partial charge on any atom is 0.145 e. The Morgan fingerprint density at radius 2 is 0.518 bits per heavy atom. The maximum atomic E-state index is 5.60. The van der Waals surface area contributed by atoms with E-state index in [0.29, 0.717) is 0 Å². The molecule has 0 aliphatic rings. The molecule has 8 heteroatoms. The molecule has 522 valence electrons. The molecule has 0 fully saturated rings. The van der Waals surface area contributed by atoms with Crippen molar-refractivity contribution in [2.24, 2.45) is 0 Å². The molecule has 0 radical (unpaired) electrons. The number of nitrogens with zero attached hydrogens (tertiary/aromatic N) is 8. The number of hydrogen-bond acceptors (Lipinski definition) is 4. The van der Waals surface area contributed by atoms with E-state index in [-0.39, 0.29) is 0 Å². The first-order valence-electron chi connectivity index (χ1n) is 38.1. The Labute approximate surface area is 645 Å². The molecule has 0 spiro atoms. The molecular weight excluding hydrogens is 1360 g/mol. The topological polar surface area (TPSA) is 71.3 Å². The van der Waals surface area contributed by atoms with Crippen LogP contribution in [-0.2, 0) is 0 Å². The number of pyridine rings is 4. The molecule has 22 aromatic rings. The number of aromatic nitrogens is 8. The van der Waals surface area contributed by atoms with Crippen molar-refractivity contribution in [2.45, 2.75) is 0 Å². The molecule has 0 unspecified atom stereocenters. The Hall–Kier alpha value is -15.1. The molecule has 0 saturated carbocycles. The summed E-state index contributed by atoms with van der Waals surface area (Å²) in [5, 5.41) is 9.20. The van der Waals surface area contributed by atoms with Gasteiger partial charge in [0.2, 0.25) is 0 Å². The highest BCUT2D eigenvalue weighted by Crippen LogP contribution is 2.46. The third-order valence-corrected chi connectivity index (χ3v) is 22.4. The number of benzene rings is 14. The van der Waals surface area contributed by atoms with Gasteiger partial charge in [0.05, 0.1) is 55.9 Å². The van der Waals surface area contributed by atoms with Gasteiger partial charge in [0, 0.05) is 112 Å². The minimum absolute atomic E-state index is 0.870. The van der Waals surface area contributed by atoms with E-state index in [1.54, 1.807) is 0 Å². The van der Waals surface area contributed by atoms with E-state index in [4.69, 9.17) is 19.9 Å². The van der Waals surface area contributed by atoms with Crippen LogP contribution in [-0.4, -0.2) is 38.2 Å². The number of hydrogen-bond donors (Lipinski definition) is 0. The van der Waals surface area contributed by atoms with Crippen LogP contribution in [0.4, 0.5) is 0 Å². The van der Waals surface area contributed by atoms with Gasteiger partial charge in [-0.1, -0.05) is 243 Å². The molecule has 0 saturated heterocycles. The van der Waals surface area contributed by atoms with Gasteiger partial charge >= 0.3 is 0 Å². The number of para-hydroxylation sites is 5. The molecule has 22 rings (SSSR count). The predicted octanol–water partition coefficient (Wildman–Crippen LogP) is 26.7. The Balaban J connectivity index is 0.651. The van der Waals surface area contributed by atoms with E-state index in [2.05, 4.69) is 400 Å². The smallest absolute Gasteiger partial charge is 0.145 e. The molecule has 8 aromatic heterocycles. The lowest BCUT2D eigenvalue weighted by atomic mass is 9.93. The van der Waals surface area contributed by atoms with E-state index in [0.717, 1.165) is 173 Å². The van der Waals surface area contributed by atoms with Gasteiger partial charge in [0.1, 0.15) is 11.3 Å². The molecule has 0 bridgehead atoms. The third-order valence-electron chi connectivity index (χ3n) is 22.4. The van der Waals surface area contributed by atoms with E-state index >= 15 is 0 Å². The van der Waals surface area contributed by atoms with Crippen molar-refractivity contribution in [1.82, 2.24) is 38.2 Å². The summed E-state index contributed by atoms with van der Waals surface area (Å²) in [4.78, 5) is 21.1. The highest BCUT2D eigenvalue weighted by molar-refractivity contribution is 6.18. The fourth-order valence-electron chi connectivity index (χ4n) is 17.3. The fourth-order valence-corrected chi connectivity index (χ4v) is 17.3. The van der Waals surface area contributed by atoms with Crippen LogP contribution >= 0.6 is 0 Å². The quantitative estimate of drug-likeness (QED) is 0.115. The Bertz CT molecular complexity index is 7410. The van der Waals surface area contributed by atoms with Crippen LogP contribution in [0.2, 0.25) is 0 Å². The van der Waals surface area contributed by atoms with Crippen LogP contribution in [0.25, 0.3) is 211 Å². The van der Waals surface area contributed by atoms with Crippen LogP contribution in [0.3, 0.4) is 0 Å². The van der Waals surface area contributed by atoms with Crippen LogP contribution in [0.15, 0.2) is 401 Å². The second-order valence-electron chi connectivity index (χ2n) is 28.9. The largest absolute Gasteiger partial charge is 0.309 e. The minimum atomic E-state index is 0.870. The number of rotatable bonds is 13. The van der Waals surface area contributed by atoms with Crippen molar-refractivity contribution in [2.75, 3.05) is 0 Å². The second-order valence-corrected chi connectivity index (χ2v) is 28.9. The van der Waals surface area contributed by atoms with Gasteiger partial charge in [-0.25, -0.2) is 19.9 Å². The minimum Gasteiger partial charge on any atom is -0.309 e. The molecule has 8 nitrogen and oxygen atoms in total. The van der Waals surface area contributed by atoms with Crippen LogP contribution in [0.5, 0.6) is 0 Å². The summed E-state index contributed by atoms with van der Waals surface area (Å²) in [6.07, 6.45) is 3.81. The summed E-state index contributed by atoms with van der Waals surface area (Å²) < 4.78 is 9.50. The SMILES string of the molecule is c1ccc(-c2cc(-c3ccc(-c4cc(-c5ccc6c(c5)c5cccnc5n6-c5cccc(-c6cc(-c7ccccc7)nc(-c7ccccc7)c6)c5)c5c(c4)c4ccccc4n5-c4ccccc4)cc3)nc(-c3cccc(-n4c5ccc(-c6cccc7c8ccccc8n(-c8ccccc8)c67)cc5c5cccnc54)c3)c2)cc1. The van der Waals surface area contributed by atoms with E-state index in [1.807, 2.05) is 18.5 Å². The molecule has 0 N–H and O–H groups in total. The highest BCUT2D eigenvalue weighted by Gasteiger charge is 2.25. The van der Waals surface area contributed by atoms with Crippen molar-refractivity contribution in [1.29, 1.82) is 0 Å². The molecule has 8 heterocycles. The normalized spacial score (nSPS) is 11.8. The first-order chi connectivity index (χ1) is 55.5. The van der Waals surface area contributed by atoms with Gasteiger partial charge in [0.25, 0.3) is 0 Å². The first-order valence-corrected chi connectivity index (χ1v) is 38.1. The summed E-state index contributed by atoms with van der Waals surface area (Å²) in [7, 11) is 0. The van der Waals surface area contributed by atoms with Gasteiger partial charge < -0.3 is 9.13 Å². The second kappa shape index (κ2) is 26.4. The van der Waals surface area contributed by atoms with Gasteiger partial charge in [-0.2, -0.15) is 0 Å². The lowest BCUT2D eigenvalue weighted by molar-refractivity contribution is 1.13. The Morgan fingerprint density at radius 3 is 1.07 bits per heavy atom. The highest BCUT2D eigenvalue weighted by atomic mass is 15.1. The lowest BCUT2D eigenvalue weighted by Gasteiger charge is -2.15. The van der Waals surface area contributed by atoms with E-state index < -0.39 is 0 Å². The fraction of sp³-hybridized carbons (Fsp3) is 0. The average molecular weight is 1430 g/mol. The van der Waals surface area contributed by atoms with Gasteiger partial charge in [-0.05, 0) is 190 Å². The molecule has 112 heavy (non-hydrogen) atoms. The summed E-state index contributed by atoms with van der Waals surface area (Å²) >= 11 is 0. The zero-order chi connectivity index (χ0) is 73.7. The van der Waals surface area contributed by atoms with Gasteiger partial charge in [0.15, 0.2) is 0 Å². The summed E-state index contributed by atoms with van der Waals surface area (Å²) in [5.41, 5.74) is 31.6. The summed E-state index contributed by atoms with van der Waals surface area (Å²) in [6, 6.07) is 140. The van der Waals surface area contributed by atoms with Crippen molar-refractivity contribution in [3.63, 3.8) is 0 Å². The zero-order valence-electron chi connectivity index (χ0n) is 60.7. The molecular formula is C104H66N8. The average Bonchev–Trinajstić information content (AvgIpc) is 1.01. The van der Waals surface area contributed by atoms with Crippen LogP contribution in [0, 0.1) is 0 Å². The van der Waals surface area contributed by atoms with Crippen molar-refractivity contribution in [3.05, 3.63) is 401 Å². The van der Waals surface area contributed by atoms with Crippen molar-refractivity contribution < 1.29 is 0 Å². The van der Waals surface area contributed by atoms with Gasteiger partial charge in [-0.3, -0.25) is 9.13 Å². The zero-order valence-corrected chi connectivity index (χ0v) is 60.7. The van der Waals surface area contributed by atoms with Gasteiger partial charge in [-0.15, -0.1) is 0 Å². The summed E-state index contributed by atoms with van der Waals surface area (Å²) in [6.45, 7) is 0. The van der Waals surface area contributed by atoms with Crippen LogP contribution in [0.1, 0.15) is 0 Å². The molecule has 0 atom stereocenters. The molecule has 0 aliphatic heterocycles. The van der Waals surface area contributed by atoms with E-state index in [9.17, 15) is 0 Å². The Morgan fingerprint density at radius 1 is 0.170 bits per heavy atom. The molecule has 0 amide bonds. The molecule has 14 aromatic carbocycles. The van der Waals surface area contributed by atoms with Crippen LogP contribution < -0.4 is 0 Å². The summed E-state index contributed by atoms with van der Waals surface area (Å²) in [5.74, 6) is 0. The number of fused-ring (bicyclic) bond motifs is 12. The van der Waals surface area contributed by atoms with Crippen molar-refractivity contribution >= 4 is 87.5 Å². The molecule has 0 aliphatic carbocycles. The van der Waals surface area contributed by atoms with E-state index in [1.165, 1.54) is 38.1 Å². The first kappa shape index (κ1) is 64.1. The predicted molar refractivity (Wildman–Crippen MR) is 464 cm³/mol. The maximum absolute atomic E-state index is 5.60. The lowest BCUT2D eigenvalue weighted by Crippen LogP contribution is -1.97. The standard InChI is InChI=1S/C104H66N8/c1-6-25-67(26-7-1)77-63-95(108-96(64-77)75-32-21-38-82(58-75)112-99-53-51-73(59-90(99)87-43-23-56-106-104(87)112)83-41-22-42-86-84-39-16-18-45-97(84)109(101(83)86)79-33-12-4-13-34-79)71-49-47-68(48-50-71)76-61-89(102-92(62-76)85-40-17-19-46-98(85)110(102)80-35-14-5-15-36-80)74-52-54-100-91(60-74)88-44-24-55-105-103(88)111(100)81-37-20-31-72(57-81)78-65-93(69-27-8-2-9-28-69)107-94(66-78)70-29-10-3-11-30-70/h1-66H.